The molecule has 1 aliphatic heterocycles. The van der Waals surface area contributed by atoms with Crippen molar-refractivity contribution < 1.29 is 23.8 Å². The van der Waals surface area contributed by atoms with E-state index in [4.69, 9.17) is 25.7 Å². The SMILES string of the molecule is CC(C)[C@H](N)CC(=O)OC[C@@]1(N=[N+]=[N-])O[C@@H](n2ccc(=O)[nH]c2=O)[C@@H](C)[C@@H]1OC(=O)C[C@@H](N)C(C)C. The van der Waals surface area contributed by atoms with Crippen LogP contribution in [0.15, 0.2) is 27.0 Å². The summed E-state index contributed by atoms with van der Waals surface area (Å²) in [4.78, 5) is 54.1. The second-order valence-corrected chi connectivity index (χ2v) is 9.71. The molecular formula is C22H35N7O7. The lowest BCUT2D eigenvalue weighted by atomic mass is 9.97. The van der Waals surface area contributed by atoms with Gasteiger partial charge in [0.1, 0.15) is 18.9 Å². The second-order valence-electron chi connectivity index (χ2n) is 9.71. The molecule has 1 saturated heterocycles. The van der Waals surface area contributed by atoms with E-state index < -0.39 is 65.9 Å². The molecule has 14 heteroatoms. The van der Waals surface area contributed by atoms with Crippen LogP contribution in [-0.2, 0) is 23.8 Å². The number of azide groups is 1. The van der Waals surface area contributed by atoms with Gasteiger partial charge in [0.2, 0.25) is 5.72 Å². The van der Waals surface area contributed by atoms with Crippen molar-refractivity contribution in [3.8, 4) is 0 Å². The number of hydrogen-bond donors (Lipinski definition) is 3. The fraction of sp³-hybridized carbons (Fsp3) is 0.727. The van der Waals surface area contributed by atoms with Crippen LogP contribution in [0.25, 0.3) is 10.4 Å². The third-order valence-electron chi connectivity index (χ3n) is 6.25. The van der Waals surface area contributed by atoms with Gasteiger partial charge in [-0.25, -0.2) is 4.79 Å². The Hall–Kier alpha value is -3.19. The average molecular weight is 510 g/mol. The molecule has 2 heterocycles. The molecule has 0 aromatic carbocycles. The van der Waals surface area contributed by atoms with Gasteiger partial charge in [0.25, 0.3) is 5.56 Å². The lowest BCUT2D eigenvalue weighted by molar-refractivity contribution is -0.177. The van der Waals surface area contributed by atoms with Crippen LogP contribution in [0.2, 0.25) is 0 Å². The number of aromatic nitrogens is 2. The van der Waals surface area contributed by atoms with Crippen molar-refractivity contribution in [2.24, 2.45) is 34.3 Å². The first-order valence-corrected chi connectivity index (χ1v) is 11.7. The molecule has 0 amide bonds. The van der Waals surface area contributed by atoms with Gasteiger partial charge in [-0.2, -0.15) is 0 Å². The number of H-pyrrole nitrogens is 1. The van der Waals surface area contributed by atoms with Gasteiger partial charge in [-0.1, -0.05) is 39.7 Å². The molecule has 6 atom stereocenters. The van der Waals surface area contributed by atoms with Crippen molar-refractivity contribution in [2.45, 2.75) is 77.6 Å². The molecule has 1 fully saturated rings. The number of hydrogen-bond acceptors (Lipinski definition) is 10. The van der Waals surface area contributed by atoms with Crippen LogP contribution in [0.3, 0.4) is 0 Å². The summed E-state index contributed by atoms with van der Waals surface area (Å²) >= 11 is 0. The van der Waals surface area contributed by atoms with Crippen molar-refractivity contribution >= 4 is 11.9 Å². The van der Waals surface area contributed by atoms with Crippen LogP contribution in [-0.4, -0.2) is 52.0 Å². The predicted molar refractivity (Wildman–Crippen MR) is 128 cm³/mol. The van der Waals surface area contributed by atoms with E-state index >= 15 is 0 Å². The normalized spacial score (nSPS) is 25.3. The van der Waals surface area contributed by atoms with E-state index in [1.54, 1.807) is 6.92 Å². The van der Waals surface area contributed by atoms with Crippen molar-refractivity contribution in [1.82, 2.24) is 9.55 Å². The molecule has 0 unspecified atom stereocenters. The van der Waals surface area contributed by atoms with Gasteiger partial charge in [-0.3, -0.25) is 23.9 Å². The van der Waals surface area contributed by atoms with Crippen LogP contribution in [0.4, 0.5) is 0 Å². The van der Waals surface area contributed by atoms with Gasteiger partial charge < -0.3 is 25.7 Å². The van der Waals surface area contributed by atoms with E-state index in [9.17, 15) is 24.7 Å². The number of carbonyl (C=O) groups excluding carboxylic acids is 2. The monoisotopic (exact) mass is 509 g/mol. The Morgan fingerprint density at radius 1 is 1.19 bits per heavy atom. The number of carbonyl (C=O) groups is 2. The quantitative estimate of drug-likeness (QED) is 0.167. The average Bonchev–Trinajstić information content (AvgIpc) is 3.04. The summed E-state index contributed by atoms with van der Waals surface area (Å²) in [6, 6.07) is 0.160. The Bertz CT molecular complexity index is 1090. The van der Waals surface area contributed by atoms with E-state index in [1.165, 1.54) is 6.20 Å². The highest BCUT2D eigenvalue weighted by Gasteiger charge is 2.57. The van der Waals surface area contributed by atoms with Crippen molar-refractivity contribution in [2.75, 3.05) is 6.61 Å². The molecule has 0 bridgehead atoms. The minimum Gasteiger partial charge on any atom is -0.462 e. The summed E-state index contributed by atoms with van der Waals surface area (Å²) in [7, 11) is 0. The molecule has 14 nitrogen and oxygen atoms in total. The molecular weight excluding hydrogens is 474 g/mol. The first-order valence-electron chi connectivity index (χ1n) is 11.7. The zero-order valence-electron chi connectivity index (χ0n) is 21.1. The van der Waals surface area contributed by atoms with Gasteiger partial charge in [-0.15, -0.1) is 0 Å². The zero-order chi connectivity index (χ0) is 27.2. The molecule has 1 aliphatic rings. The third kappa shape index (κ3) is 6.94. The van der Waals surface area contributed by atoms with E-state index in [0.717, 1.165) is 10.6 Å². The highest BCUT2D eigenvalue weighted by Crippen LogP contribution is 2.44. The van der Waals surface area contributed by atoms with Gasteiger partial charge in [0, 0.05) is 35.2 Å². The number of esters is 2. The zero-order valence-corrected chi connectivity index (χ0v) is 21.1. The Labute approximate surface area is 207 Å². The number of ether oxygens (including phenoxy) is 3. The number of rotatable bonds is 11. The van der Waals surface area contributed by atoms with Gasteiger partial charge in [0.15, 0.2) is 0 Å². The fourth-order valence-corrected chi connectivity index (χ4v) is 3.67. The second kappa shape index (κ2) is 12.2. The number of nitrogens with two attached hydrogens (primary N) is 2. The standard InChI is InChI=1S/C22H35N7O7/c1-11(2)14(23)8-17(31)34-10-22(27-28-25)19(35-18(32)9-15(24)12(3)4)13(5)20(36-22)29-7-6-16(30)26-21(29)33/h6-7,11-15,19-20H,8-10,23-24H2,1-5H3,(H,26,30,33)/t13-,14+,15+,19-,20+,22+/m0/s1. The highest BCUT2D eigenvalue weighted by molar-refractivity contribution is 5.71. The number of nitrogens with zero attached hydrogens (tertiary/aromatic N) is 4. The van der Waals surface area contributed by atoms with Crippen molar-refractivity contribution in [1.29, 1.82) is 0 Å². The predicted octanol–water partition coefficient (Wildman–Crippen LogP) is 0.910. The fourth-order valence-electron chi connectivity index (χ4n) is 3.67. The topological polar surface area (TPSA) is 217 Å². The van der Waals surface area contributed by atoms with Crippen LogP contribution >= 0.6 is 0 Å². The minimum atomic E-state index is -2.00. The van der Waals surface area contributed by atoms with Gasteiger partial charge >= 0.3 is 17.6 Å². The van der Waals surface area contributed by atoms with Crippen LogP contribution < -0.4 is 22.7 Å². The van der Waals surface area contributed by atoms with Crippen molar-refractivity contribution in [3.05, 3.63) is 43.5 Å². The Kier molecular flexibility index (Phi) is 9.82. The largest absolute Gasteiger partial charge is 0.462 e. The Morgan fingerprint density at radius 3 is 2.31 bits per heavy atom. The van der Waals surface area contributed by atoms with E-state index in [0.29, 0.717) is 0 Å². The van der Waals surface area contributed by atoms with Crippen molar-refractivity contribution in [3.63, 3.8) is 0 Å². The molecule has 5 N–H and O–H groups in total. The highest BCUT2D eigenvalue weighted by atomic mass is 16.6. The minimum absolute atomic E-state index is 0.00437. The van der Waals surface area contributed by atoms with Crippen LogP contribution in [0.1, 0.15) is 53.7 Å². The molecule has 200 valence electrons. The van der Waals surface area contributed by atoms with Crippen LogP contribution in [0, 0.1) is 17.8 Å². The molecule has 36 heavy (non-hydrogen) atoms. The van der Waals surface area contributed by atoms with E-state index in [2.05, 4.69) is 15.0 Å². The smallest absolute Gasteiger partial charge is 0.330 e. The van der Waals surface area contributed by atoms with E-state index in [-0.39, 0.29) is 24.7 Å². The molecule has 1 aromatic heterocycles. The Balaban J connectivity index is 2.41. The maximum Gasteiger partial charge on any atom is 0.330 e. The molecule has 1 aromatic rings. The molecule has 0 aliphatic carbocycles. The summed E-state index contributed by atoms with van der Waals surface area (Å²) in [5.74, 6) is -2.11. The summed E-state index contributed by atoms with van der Waals surface area (Å²) in [5, 5.41) is 3.72. The number of aromatic amines is 1. The van der Waals surface area contributed by atoms with Gasteiger partial charge in [0.05, 0.1) is 12.8 Å². The third-order valence-corrected chi connectivity index (χ3v) is 6.25. The van der Waals surface area contributed by atoms with Crippen LogP contribution in [0.5, 0.6) is 0 Å². The maximum atomic E-state index is 12.7. The molecule has 2 rings (SSSR count). The lowest BCUT2D eigenvalue weighted by Gasteiger charge is -2.30. The molecule has 0 saturated carbocycles. The molecule has 0 radical (unpaired) electrons. The van der Waals surface area contributed by atoms with E-state index in [1.807, 2.05) is 27.7 Å². The Morgan fingerprint density at radius 2 is 1.78 bits per heavy atom. The van der Waals surface area contributed by atoms with Gasteiger partial charge in [-0.05, 0) is 17.4 Å². The maximum absolute atomic E-state index is 12.7. The lowest BCUT2D eigenvalue weighted by Crippen LogP contribution is -2.47. The summed E-state index contributed by atoms with van der Waals surface area (Å²) in [6.07, 6.45) is -1.41. The number of nitrogens with one attached hydrogen (secondary N) is 1. The summed E-state index contributed by atoms with van der Waals surface area (Å²) < 4.78 is 18.1. The summed E-state index contributed by atoms with van der Waals surface area (Å²) in [5.41, 5.74) is 17.9. The summed E-state index contributed by atoms with van der Waals surface area (Å²) in [6.45, 7) is 8.41. The molecule has 0 spiro atoms. The first-order chi connectivity index (χ1) is 16.8. The first kappa shape index (κ1) is 29.0.